The van der Waals surface area contributed by atoms with Gasteiger partial charge in [0.1, 0.15) is 10.6 Å². The molecule has 6 heteroatoms. The number of methoxy groups -OCH3 is 1. The highest BCUT2D eigenvalue weighted by atomic mass is 32.2. The molecule has 0 spiro atoms. The highest BCUT2D eigenvalue weighted by Gasteiger charge is 2.33. The zero-order valence-electron chi connectivity index (χ0n) is 14.1. The number of nitrogens with zero attached hydrogens (tertiary/aromatic N) is 2. The van der Waals surface area contributed by atoms with Crippen LogP contribution in [-0.2, 0) is 10.0 Å². The molecule has 1 aliphatic heterocycles. The van der Waals surface area contributed by atoms with Gasteiger partial charge < -0.3 is 4.74 Å². The van der Waals surface area contributed by atoms with Crippen molar-refractivity contribution in [3.63, 3.8) is 0 Å². The summed E-state index contributed by atoms with van der Waals surface area (Å²) in [6.07, 6.45) is 0. The Bertz CT molecular complexity index is 627. The molecule has 1 aliphatic rings. The summed E-state index contributed by atoms with van der Waals surface area (Å²) in [6, 6.07) is 5.26. The molecule has 0 radical (unpaired) electrons. The van der Waals surface area contributed by atoms with Gasteiger partial charge in [-0.1, -0.05) is 6.07 Å². The summed E-state index contributed by atoms with van der Waals surface area (Å²) >= 11 is 0. The third-order valence-electron chi connectivity index (χ3n) is 4.12. The molecule has 124 valence electrons. The fraction of sp³-hybridized carbons (Fsp3) is 0.625. The van der Waals surface area contributed by atoms with Crippen LogP contribution in [0.1, 0.15) is 26.3 Å². The second-order valence-electron chi connectivity index (χ2n) is 6.72. The van der Waals surface area contributed by atoms with Crippen LogP contribution in [0.15, 0.2) is 23.1 Å². The molecule has 0 unspecified atom stereocenters. The SMILES string of the molecule is COc1ccc(C)cc1S(=O)(=O)N1CCN(C(C)(C)C)CC1. The van der Waals surface area contributed by atoms with Crippen molar-refractivity contribution in [3.8, 4) is 5.75 Å². The molecular weight excluding hydrogens is 300 g/mol. The minimum atomic E-state index is -3.51. The summed E-state index contributed by atoms with van der Waals surface area (Å²) in [5.74, 6) is 0.406. The number of aryl methyl sites for hydroxylation is 1. The van der Waals surface area contributed by atoms with Gasteiger partial charge in [0.05, 0.1) is 7.11 Å². The summed E-state index contributed by atoms with van der Waals surface area (Å²) < 4.78 is 32.6. The van der Waals surface area contributed by atoms with Crippen molar-refractivity contribution < 1.29 is 13.2 Å². The molecule has 1 fully saturated rings. The van der Waals surface area contributed by atoms with E-state index in [2.05, 4.69) is 25.7 Å². The first-order valence-corrected chi connectivity index (χ1v) is 9.00. The number of rotatable bonds is 3. The number of piperazine rings is 1. The Kier molecular flexibility index (Phi) is 4.84. The van der Waals surface area contributed by atoms with Gasteiger partial charge in [0, 0.05) is 31.7 Å². The van der Waals surface area contributed by atoms with Gasteiger partial charge in [0.25, 0.3) is 0 Å². The van der Waals surface area contributed by atoms with E-state index < -0.39 is 10.0 Å². The molecule has 0 bridgehead atoms. The van der Waals surface area contributed by atoms with Crippen molar-refractivity contribution >= 4 is 10.0 Å². The maximum absolute atomic E-state index is 12.9. The lowest BCUT2D eigenvalue weighted by Gasteiger charge is -2.41. The standard InChI is InChI=1S/C16H26N2O3S/c1-13-6-7-14(21-5)15(12-13)22(19,20)18-10-8-17(9-11-18)16(2,3)4/h6-7,12H,8-11H2,1-5H3. The first-order chi connectivity index (χ1) is 10.2. The molecule has 1 heterocycles. The van der Waals surface area contributed by atoms with Gasteiger partial charge in [-0.2, -0.15) is 4.31 Å². The summed E-state index contributed by atoms with van der Waals surface area (Å²) in [6.45, 7) is 10.9. The Hall–Kier alpha value is -1.11. The predicted molar refractivity (Wildman–Crippen MR) is 87.8 cm³/mol. The van der Waals surface area contributed by atoms with Gasteiger partial charge in [0.15, 0.2) is 0 Å². The van der Waals surface area contributed by atoms with Crippen molar-refractivity contribution in [1.29, 1.82) is 0 Å². The first kappa shape index (κ1) is 17.2. The normalized spacial score (nSPS) is 18.4. The maximum atomic E-state index is 12.9. The Morgan fingerprint density at radius 1 is 1.09 bits per heavy atom. The number of sulfonamides is 1. The number of hydrogen-bond donors (Lipinski definition) is 0. The molecule has 0 saturated carbocycles. The van der Waals surface area contributed by atoms with E-state index in [1.807, 2.05) is 13.0 Å². The lowest BCUT2D eigenvalue weighted by atomic mass is 10.1. The lowest BCUT2D eigenvalue weighted by molar-refractivity contribution is 0.0921. The second-order valence-corrected chi connectivity index (χ2v) is 8.62. The molecule has 22 heavy (non-hydrogen) atoms. The van der Waals surface area contributed by atoms with Crippen molar-refractivity contribution in [3.05, 3.63) is 23.8 Å². The fourth-order valence-electron chi connectivity index (χ4n) is 2.72. The van der Waals surface area contributed by atoms with Gasteiger partial charge in [-0.25, -0.2) is 8.42 Å². The first-order valence-electron chi connectivity index (χ1n) is 7.56. The van der Waals surface area contributed by atoms with Crippen LogP contribution in [0.5, 0.6) is 5.75 Å². The summed E-state index contributed by atoms with van der Waals surface area (Å²) in [5.41, 5.74) is 0.976. The number of hydrogen-bond acceptors (Lipinski definition) is 4. The van der Waals surface area contributed by atoms with Crippen molar-refractivity contribution in [2.24, 2.45) is 0 Å². The zero-order chi connectivity index (χ0) is 16.5. The molecule has 5 nitrogen and oxygen atoms in total. The molecule has 1 saturated heterocycles. The van der Waals surface area contributed by atoms with E-state index in [4.69, 9.17) is 4.74 Å². The largest absolute Gasteiger partial charge is 0.495 e. The van der Waals surface area contributed by atoms with Crippen molar-refractivity contribution in [1.82, 2.24) is 9.21 Å². The Labute approximate surface area is 133 Å². The van der Waals surface area contributed by atoms with Crippen molar-refractivity contribution in [2.75, 3.05) is 33.3 Å². The molecule has 0 amide bonds. The average Bonchev–Trinajstić information content (AvgIpc) is 2.46. The van der Waals surface area contributed by atoms with Gasteiger partial charge in [-0.3, -0.25) is 4.90 Å². The molecule has 0 aromatic heterocycles. The highest BCUT2D eigenvalue weighted by molar-refractivity contribution is 7.89. The minimum Gasteiger partial charge on any atom is -0.495 e. The van der Waals surface area contributed by atoms with Crippen LogP contribution in [0.4, 0.5) is 0 Å². The minimum absolute atomic E-state index is 0.0663. The number of benzene rings is 1. The number of ether oxygens (including phenoxy) is 1. The van der Waals surface area contributed by atoms with E-state index >= 15 is 0 Å². The van der Waals surface area contributed by atoms with Crippen LogP contribution in [0.2, 0.25) is 0 Å². The van der Waals surface area contributed by atoms with Gasteiger partial charge in [0.2, 0.25) is 10.0 Å². The van der Waals surface area contributed by atoms with E-state index in [0.717, 1.165) is 18.7 Å². The van der Waals surface area contributed by atoms with Crippen LogP contribution in [0.25, 0.3) is 0 Å². The fourth-order valence-corrected chi connectivity index (χ4v) is 4.39. The Morgan fingerprint density at radius 2 is 1.68 bits per heavy atom. The zero-order valence-corrected chi connectivity index (χ0v) is 14.9. The van der Waals surface area contributed by atoms with E-state index in [-0.39, 0.29) is 10.4 Å². The quantitative estimate of drug-likeness (QED) is 0.854. The van der Waals surface area contributed by atoms with E-state index in [0.29, 0.717) is 18.8 Å². The van der Waals surface area contributed by atoms with Crippen LogP contribution < -0.4 is 4.74 Å². The van der Waals surface area contributed by atoms with Gasteiger partial charge in [-0.15, -0.1) is 0 Å². The Balaban J connectivity index is 2.24. The van der Waals surface area contributed by atoms with E-state index in [9.17, 15) is 8.42 Å². The molecule has 0 aliphatic carbocycles. The predicted octanol–water partition coefficient (Wildman–Crippen LogP) is 2.11. The Morgan fingerprint density at radius 3 is 2.18 bits per heavy atom. The highest BCUT2D eigenvalue weighted by Crippen LogP contribution is 2.29. The summed E-state index contributed by atoms with van der Waals surface area (Å²) in [4.78, 5) is 2.58. The third kappa shape index (κ3) is 3.45. The molecule has 0 atom stereocenters. The average molecular weight is 326 g/mol. The van der Waals surface area contributed by atoms with Crippen LogP contribution in [0.3, 0.4) is 0 Å². The summed E-state index contributed by atoms with van der Waals surface area (Å²) in [7, 11) is -2.01. The maximum Gasteiger partial charge on any atom is 0.246 e. The molecule has 1 aromatic rings. The lowest BCUT2D eigenvalue weighted by Crippen LogP contribution is -2.54. The molecular formula is C16H26N2O3S. The van der Waals surface area contributed by atoms with Gasteiger partial charge in [-0.05, 0) is 45.4 Å². The van der Waals surface area contributed by atoms with Gasteiger partial charge >= 0.3 is 0 Å². The molecule has 2 rings (SSSR count). The monoisotopic (exact) mass is 326 g/mol. The van der Waals surface area contributed by atoms with E-state index in [1.54, 1.807) is 16.4 Å². The van der Waals surface area contributed by atoms with Crippen LogP contribution >= 0.6 is 0 Å². The van der Waals surface area contributed by atoms with Crippen LogP contribution in [-0.4, -0.2) is 56.5 Å². The summed E-state index contributed by atoms with van der Waals surface area (Å²) in [5, 5.41) is 0. The second kappa shape index (κ2) is 6.18. The molecule has 1 aromatic carbocycles. The molecule has 0 N–H and O–H groups in total. The third-order valence-corrected chi connectivity index (χ3v) is 6.04. The van der Waals surface area contributed by atoms with E-state index in [1.165, 1.54) is 7.11 Å². The van der Waals surface area contributed by atoms with Crippen LogP contribution in [0, 0.1) is 6.92 Å². The van der Waals surface area contributed by atoms with Crippen molar-refractivity contribution in [2.45, 2.75) is 38.1 Å². The topological polar surface area (TPSA) is 49.9 Å². The smallest absolute Gasteiger partial charge is 0.246 e.